The predicted molar refractivity (Wildman–Crippen MR) is 73.8 cm³/mol. The maximum Gasteiger partial charge on any atom is 0.359 e. The lowest BCUT2D eigenvalue weighted by Crippen LogP contribution is -2.08. The lowest BCUT2D eigenvalue weighted by Gasteiger charge is -2.10. The first-order valence-corrected chi connectivity index (χ1v) is 6.63. The summed E-state index contributed by atoms with van der Waals surface area (Å²) < 4.78 is 7.58. The fraction of sp³-hybridized carbons (Fsp3) is 0.385. The van der Waals surface area contributed by atoms with Crippen molar-refractivity contribution in [3.05, 3.63) is 28.4 Å². The van der Waals surface area contributed by atoms with E-state index in [1.807, 2.05) is 22.9 Å². The normalized spacial score (nSPS) is 12.7. The molecule has 0 spiro atoms. The molecule has 0 saturated carbocycles. The Morgan fingerprint density at radius 2 is 2.28 bits per heavy atom. The van der Waals surface area contributed by atoms with E-state index >= 15 is 0 Å². The van der Waals surface area contributed by atoms with Crippen LogP contribution in [0, 0.1) is 0 Å². The van der Waals surface area contributed by atoms with Crippen LogP contribution in [0.4, 0.5) is 0 Å². The number of carbonyl (C=O) groups is 1. The highest BCUT2D eigenvalue weighted by Crippen LogP contribution is 2.26. The number of carbonyl (C=O) groups excluding carboxylic acids is 1. The van der Waals surface area contributed by atoms with Gasteiger partial charge in [-0.3, -0.25) is 4.68 Å². The molecule has 1 heterocycles. The van der Waals surface area contributed by atoms with Crippen molar-refractivity contribution in [1.82, 2.24) is 9.78 Å². The second-order valence-electron chi connectivity index (χ2n) is 4.20. The van der Waals surface area contributed by atoms with Crippen molar-refractivity contribution < 1.29 is 9.53 Å². The molecule has 2 rings (SSSR count). The molecule has 0 fully saturated rings. The topological polar surface area (TPSA) is 44.1 Å². The van der Waals surface area contributed by atoms with Crippen LogP contribution in [-0.4, -0.2) is 22.9 Å². The monoisotopic (exact) mass is 310 g/mol. The molecule has 5 heteroatoms. The Hall–Kier alpha value is -1.36. The van der Waals surface area contributed by atoms with Crippen molar-refractivity contribution in [3.8, 4) is 0 Å². The van der Waals surface area contributed by atoms with Gasteiger partial charge in [0.1, 0.15) is 0 Å². The smallest absolute Gasteiger partial charge is 0.359 e. The Bertz CT molecular complexity index is 592. The third-order valence-electron chi connectivity index (χ3n) is 3.06. The first kappa shape index (κ1) is 13.1. The molecule has 0 aliphatic rings. The summed E-state index contributed by atoms with van der Waals surface area (Å²) in [5.41, 5.74) is 1.32. The van der Waals surface area contributed by atoms with E-state index in [4.69, 9.17) is 4.74 Å². The lowest BCUT2D eigenvalue weighted by molar-refractivity contribution is 0.0595. The molecular formula is C13H15BrN2O2. The minimum absolute atomic E-state index is 0.243. The van der Waals surface area contributed by atoms with Gasteiger partial charge < -0.3 is 4.74 Å². The van der Waals surface area contributed by atoms with Crippen molar-refractivity contribution in [3.63, 3.8) is 0 Å². The summed E-state index contributed by atoms with van der Waals surface area (Å²) in [5.74, 6) is -0.403. The van der Waals surface area contributed by atoms with E-state index in [-0.39, 0.29) is 6.04 Å². The molecule has 18 heavy (non-hydrogen) atoms. The van der Waals surface area contributed by atoms with Crippen LogP contribution in [0.1, 0.15) is 36.8 Å². The number of esters is 1. The molecule has 0 N–H and O–H groups in total. The number of rotatable bonds is 3. The molecule has 0 amide bonds. The number of methoxy groups -OCH3 is 1. The van der Waals surface area contributed by atoms with E-state index in [1.165, 1.54) is 7.11 Å². The van der Waals surface area contributed by atoms with Crippen LogP contribution in [0.5, 0.6) is 0 Å². The van der Waals surface area contributed by atoms with Crippen LogP contribution >= 0.6 is 15.9 Å². The van der Waals surface area contributed by atoms with Gasteiger partial charge in [0.2, 0.25) is 0 Å². The Morgan fingerprint density at radius 1 is 1.56 bits per heavy atom. The Labute approximate surface area is 114 Å². The summed E-state index contributed by atoms with van der Waals surface area (Å²) in [5, 5.41) is 5.21. The van der Waals surface area contributed by atoms with Crippen LogP contribution in [-0.2, 0) is 4.74 Å². The molecule has 0 saturated heterocycles. The van der Waals surface area contributed by atoms with Gasteiger partial charge in [-0.25, -0.2) is 4.79 Å². The Kier molecular flexibility index (Phi) is 3.71. The van der Waals surface area contributed by atoms with Crippen LogP contribution < -0.4 is 0 Å². The fourth-order valence-electron chi connectivity index (χ4n) is 1.87. The SMILES string of the molecule is CCC(C)n1nc(C(=O)OC)c2cc(Br)ccc21. The molecule has 4 nitrogen and oxygen atoms in total. The maximum atomic E-state index is 11.7. The highest BCUT2D eigenvalue weighted by atomic mass is 79.9. The highest BCUT2D eigenvalue weighted by molar-refractivity contribution is 9.10. The summed E-state index contributed by atoms with van der Waals surface area (Å²) in [4.78, 5) is 11.7. The minimum atomic E-state index is -0.403. The highest BCUT2D eigenvalue weighted by Gasteiger charge is 2.19. The molecule has 1 aromatic carbocycles. The fourth-order valence-corrected chi connectivity index (χ4v) is 2.23. The van der Waals surface area contributed by atoms with Gasteiger partial charge in [0.05, 0.1) is 12.6 Å². The van der Waals surface area contributed by atoms with Gasteiger partial charge in [-0.1, -0.05) is 22.9 Å². The number of ether oxygens (including phenoxy) is 1. The number of nitrogens with zero attached hydrogens (tertiary/aromatic N) is 2. The summed E-state index contributed by atoms with van der Waals surface area (Å²) in [6, 6.07) is 6.05. The summed E-state index contributed by atoms with van der Waals surface area (Å²) in [7, 11) is 1.37. The average Bonchev–Trinajstić information content (AvgIpc) is 2.75. The molecule has 0 radical (unpaired) electrons. The van der Waals surface area contributed by atoms with Gasteiger partial charge in [0.25, 0.3) is 0 Å². The zero-order valence-electron chi connectivity index (χ0n) is 10.6. The summed E-state index contributed by atoms with van der Waals surface area (Å²) >= 11 is 3.41. The average molecular weight is 311 g/mol. The van der Waals surface area contributed by atoms with Crippen molar-refractivity contribution in [2.24, 2.45) is 0 Å². The number of benzene rings is 1. The number of halogens is 1. The zero-order chi connectivity index (χ0) is 13.3. The number of hydrogen-bond donors (Lipinski definition) is 0. The van der Waals surface area contributed by atoms with Gasteiger partial charge in [0.15, 0.2) is 5.69 Å². The molecule has 2 aromatic rings. The molecule has 1 atom stereocenters. The van der Waals surface area contributed by atoms with E-state index in [2.05, 4.69) is 34.9 Å². The molecule has 0 aliphatic carbocycles. The van der Waals surface area contributed by atoms with E-state index in [1.54, 1.807) is 0 Å². The van der Waals surface area contributed by atoms with Gasteiger partial charge in [-0.2, -0.15) is 5.10 Å². The van der Waals surface area contributed by atoms with Crippen LogP contribution in [0.2, 0.25) is 0 Å². The third-order valence-corrected chi connectivity index (χ3v) is 3.55. The minimum Gasteiger partial charge on any atom is -0.464 e. The molecule has 1 aromatic heterocycles. The lowest BCUT2D eigenvalue weighted by atomic mass is 10.2. The number of fused-ring (bicyclic) bond motifs is 1. The summed E-state index contributed by atoms with van der Waals surface area (Å²) in [6.07, 6.45) is 0.952. The van der Waals surface area contributed by atoms with Crippen LogP contribution in [0.15, 0.2) is 22.7 Å². The largest absolute Gasteiger partial charge is 0.464 e. The van der Waals surface area contributed by atoms with Crippen molar-refractivity contribution >= 4 is 32.8 Å². The summed E-state index contributed by atoms with van der Waals surface area (Å²) in [6.45, 7) is 4.17. The van der Waals surface area contributed by atoms with Gasteiger partial charge in [-0.05, 0) is 31.5 Å². The predicted octanol–water partition coefficient (Wildman–Crippen LogP) is 3.56. The second-order valence-corrected chi connectivity index (χ2v) is 5.12. The molecule has 0 bridgehead atoms. The molecular weight excluding hydrogens is 296 g/mol. The van der Waals surface area contributed by atoms with Crippen molar-refractivity contribution in [2.75, 3.05) is 7.11 Å². The second kappa shape index (κ2) is 5.10. The Balaban J connectivity index is 2.71. The standard InChI is InChI=1S/C13H15BrN2O2/c1-4-8(2)16-11-6-5-9(14)7-10(11)12(15-16)13(17)18-3/h5-8H,4H2,1-3H3. The van der Waals surface area contributed by atoms with E-state index in [0.717, 1.165) is 21.8 Å². The first-order valence-electron chi connectivity index (χ1n) is 5.84. The molecule has 96 valence electrons. The number of hydrogen-bond acceptors (Lipinski definition) is 3. The van der Waals surface area contributed by atoms with Crippen molar-refractivity contribution in [1.29, 1.82) is 0 Å². The zero-order valence-corrected chi connectivity index (χ0v) is 12.2. The quantitative estimate of drug-likeness (QED) is 0.814. The third kappa shape index (κ3) is 2.14. The number of aromatic nitrogens is 2. The van der Waals surface area contributed by atoms with Crippen LogP contribution in [0.3, 0.4) is 0 Å². The van der Waals surface area contributed by atoms with Gasteiger partial charge in [-0.15, -0.1) is 0 Å². The van der Waals surface area contributed by atoms with E-state index in [0.29, 0.717) is 5.69 Å². The molecule has 0 aliphatic heterocycles. The maximum absolute atomic E-state index is 11.7. The van der Waals surface area contributed by atoms with Crippen LogP contribution in [0.25, 0.3) is 10.9 Å². The van der Waals surface area contributed by atoms with E-state index < -0.39 is 5.97 Å². The van der Waals surface area contributed by atoms with Gasteiger partial charge in [0, 0.05) is 15.9 Å². The van der Waals surface area contributed by atoms with Gasteiger partial charge >= 0.3 is 5.97 Å². The van der Waals surface area contributed by atoms with E-state index in [9.17, 15) is 4.79 Å². The molecule has 1 unspecified atom stereocenters. The Morgan fingerprint density at radius 3 is 2.89 bits per heavy atom. The van der Waals surface area contributed by atoms with Crippen molar-refractivity contribution in [2.45, 2.75) is 26.3 Å². The first-order chi connectivity index (χ1) is 8.58.